The second-order valence-corrected chi connectivity index (χ2v) is 5.70. The highest BCUT2D eigenvalue weighted by molar-refractivity contribution is 5.64. The van der Waals surface area contributed by atoms with Crippen LogP contribution in [0.1, 0.15) is 24.0 Å². The van der Waals surface area contributed by atoms with Crippen molar-refractivity contribution >= 4 is 11.4 Å². The molecule has 1 heterocycles. The van der Waals surface area contributed by atoms with Gasteiger partial charge in [-0.2, -0.15) is 0 Å². The van der Waals surface area contributed by atoms with Crippen LogP contribution in [-0.2, 0) is 6.61 Å². The molecule has 0 amide bonds. The van der Waals surface area contributed by atoms with Crippen molar-refractivity contribution in [2.75, 3.05) is 23.7 Å². The van der Waals surface area contributed by atoms with Gasteiger partial charge < -0.3 is 15.4 Å². The Kier molecular flexibility index (Phi) is 4.00. The van der Waals surface area contributed by atoms with Crippen molar-refractivity contribution < 1.29 is 4.74 Å². The minimum absolute atomic E-state index is 0.574. The summed E-state index contributed by atoms with van der Waals surface area (Å²) in [6.45, 7) is 4.87. The van der Waals surface area contributed by atoms with Crippen LogP contribution in [0.5, 0.6) is 5.75 Å². The van der Waals surface area contributed by atoms with Crippen molar-refractivity contribution in [1.29, 1.82) is 0 Å². The number of nitrogens with two attached hydrogens (primary N) is 1. The monoisotopic (exact) mass is 282 g/mol. The summed E-state index contributed by atoms with van der Waals surface area (Å²) >= 11 is 0. The molecule has 0 spiro atoms. The number of nitrogens with zero attached hydrogens (tertiary/aromatic N) is 1. The molecule has 3 nitrogen and oxygen atoms in total. The third-order valence-electron chi connectivity index (χ3n) is 3.95. The highest BCUT2D eigenvalue weighted by Crippen LogP contribution is 2.33. The summed E-state index contributed by atoms with van der Waals surface area (Å²) in [5, 5.41) is 0. The summed E-state index contributed by atoms with van der Waals surface area (Å²) in [5.41, 5.74) is 10.3. The number of anilines is 2. The predicted molar refractivity (Wildman–Crippen MR) is 87.8 cm³/mol. The molecule has 1 saturated heterocycles. The molecule has 0 aromatic heterocycles. The second kappa shape index (κ2) is 6.08. The third-order valence-corrected chi connectivity index (χ3v) is 3.95. The number of benzene rings is 2. The molecule has 2 N–H and O–H groups in total. The standard InChI is InChI=1S/C18H22N2O/c1-14-4-6-15(7-5-14)13-21-18-12-16(19)8-9-17(18)20-10-2-3-11-20/h4-9,12H,2-3,10-11,13,19H2,1H3. The van der Waals surface area contributed by atoms with Crippen molar-refractivity contribution in [2.24, 2.45) is 0 Å². The van der Waals surface area contributed by atoms with Crippen molar-refractivity contribution in [3.05, 3.63) is 53.6 Å². The molecule has 3 heteroatoms. The largest absolute Gasteiger partial charge is 0.487 e. The van der Waals surface area contributed by atoms with Gasteiger partial charge in [0.2, 0.25) is 0 Å². The number of aryl methyl sites for hydroxylation is 1. The van der Waals surface area contributed by atoms with Gasteiger partial charge >= 0.3 is 0 Å². The number of nitrogen functional groups attached to an aromatic ring is 1. The first-order chi connectivity index (χ1) is 10.2. The van der Waals surface area contributed by atoms with Crippen LogP contribution in [0.15, 0.2) is 42.5 Å². The van der Waals surface area contributed by atoms with E-state index in [0.29, 0.717) is 6.61 Å². The number of rotatable bonds is 4. The fraction of sp³-hybridized carbons (Fsp3) is 0.333. The van der Waals surface area contributed by atoms with E-state index in [9.17, 15) is 0 Å². The maximum atomic E-state index is 6.03. The molecule has 1 aliphatic heterocycles. The van der Waals surface area contributed by atoms with Crippen LogP contribution in [0.3, 0.4) is 0 Å². The van der Waals surface area contributed by atoms with E-state index < -0.39 is 0 Å². The van der Waals surface area contributed by atoms with Crippen LogP contribution < -0.4 is 15.4 Å². The molecule has 0 saturated carbocycles. The molecular formula is C18H22N2O. The van der Waals surface area contributed by atoms with Gasteiger partial charge in [-0.1, -0.05) is 29.8 Å². The Balaban J connectivity index is 1.77. The topological polar surface area (TPSA) is 38.5 Å². The Morgan fingerprint density at radius 3 is 2.48 bits per heavy atom. The van der Waals surface area contributed by atoms with Crippen molar-refractivity contribution in [1.82, 2.24) is 0 Å². The van der Waals surface area contributed by atoms with Crippen LogP contribution in [-0.4, -0.2) is 13.1 Å². The molecule has 1 aliphatic rings. The maximum absolute atomic E-state index is 6.03. The zero-order valence-electron chi connectivity index (χ0n) is 12.5. The molecule has 110 valence electrons. The quantitative estimate of drug-likeness (QED) is 0.868. The summed E-state index contributed by atoms with van der Waals surface area (Å²) in [6.07, 6.45) is 2.50. The molecule has 2 aromatic rings. The van der Waals surface area contributed by atoms with Gasteiger partial charge in [0.1, 0.15) is 12.4 Å². The summed E-state index contributed by atoms with van der Waals surface area (Å²) in [7, 11) is 0. The van der Waals surface area contributed by atoms with E-state index in [2.05, 4.69) is 42.2 Å². The van der Waals surface area contributed by atoms with Crippen LogP contribution in [0.4, 0.5) is 11.4 Å². The number of hydrogen-bond acceptors (Lipinski definition) is 3. The van der Waals surface area contributed by atoms with Gasteiger partial charge in [-0.05, 0) is 37.5 Å². The molecule has 21 heavy (non-hydrogen) atoms. The Bertz CT molecular complexity index is 601. The van der Waals surface area contributed by atoms with Gasteiger partial charge in [0.05, 0.1) is 5.69 Å². The van der Waals surface area contributed by atoms with Crippen LogP contribution >= 0.6 is 0 Å². The summed E-state index contributed by atoms with van der Waals surface area (Å²) in [6, 6.07) is 14.4. The summed E-state index contributed by atoms with van der Waals surface area (Å²) in [5.74, 6) is 0.887. The average Bonchev–Trinajstić information content (AvgIpc) is 3.01. The first-order valence-electron chi connectivity index (χ1n) is 7.55. The minimum Gasteiger partial charge on any atom is -0.487 e. The van der Waals surface area contributed by atoms with Crippen molar-refractivity contribution in [3.8, 4) is 5.75 Å². The zero-order chi connectivity index (χ0) is 14.7. The Morgan fingerprint density at radius 1 is 1.05 bits per heavy atom. The van der Waals surface area contributed by atoms with Crippen molar-refractivity contribution in [3.63, 3.8) is 0 Å². The Morgan fingerprint density at radius 2 is 1.76 bits per heavy atom. The fourth-order valence-electron chi connectivity index (χ4n) is 2.71. The lowest BCUT2D eigenvalue weighted by Crippen LogP contribution is -2.18. The van der Waals surface area contributed by atoms with Crippen LogP contribution in [0.25, 0.3) is 0 Å². The molecule has 3 rings (SSSR count). The van der Waals surface area contributed by atoms with Gasteiger partial charge in [0.25, 0.3) is 0 Å². The van der Waals surface area contributed by atoms with E-state index in [1.165, 1.54) is 24.0 Å². The normalized spacial score (nSPS) is 14.4. The average molecular weight is 282 g/mol. The lowest BCUT2D eigenvalue weighted by Gasteiger charge is -2.21. The molecule has 0 radical (unpaired) electrons. The molecule has 2 aromatic carbocycles. The van der Waals surface area contributed by atoms with E-state index in [1.807, 2.05) is 12.1 Å². The summed E-state index contributed by atoms with van der Waals surface area (Å²) < 4.78 is 6.03. The predicted octanol–water partition coefficient (Wildman–Crippen LogP) is 3.76. The lowest BCUT2D eigenvalue weighted by atomic mass is 10.2. The van der Waals surface area contributed by atoms with Gasteiger partial charge in [-0.25, -0.2) is 0 Å². The van der Waals surface area contributed by atoms with Gasteiger partial charge in [-0.3, -0.25) is 0 Å². The lowest BCUT2D eigenvalue weighted by molar-refractivity contribution is 0.307. The highest BCUT2D eigenvalue weighted by Gasteiger charge is 2.16. The Hall–Kier alpha value is -2.16. The molecule has 0 unspecified atom stereocenters. The first-order valence-corrected chi connectivity index (χ1v) is 7.55. The highest BCUT2D eigenvalue weighted by atomic mass is 16.5. The molecule has 1 fully saturated rings. The number of ether oxygens (including phenoxy) is 1. The van der Waals surface area contributed by atoms with E-state index >= 15 is 0 Å². The smallest absolute Gasteiger partial charge is 0.145 e. The molecular weight excluding hydrogens is 260 g/mol. The van der Waals surface area contributed by atoms with E-state index in [-0.39, 0.29) is 0 Å². The van der Waals surface area contributed by atoms with Crippen LogP contribution in [0, 0.1) is 6.92 Å². The SMILES string of the molecule is Cc1ccc(COc2cc(N)ccc2N2CCCC2)cc1. The molecule has 0 bridgehead atoms. The Labute approximate surface area is 126 Å². The van der Waals surface area contributed by atoms with E-state index in [1.54, 1.807) is 0 Å². The van der Waals surface area contributed by atoms with Crippen molar-refractivity contribution in [2.45, 2.75) is 26.4 Å². The van der Waals surface area contributed by atoms with Gasteiger partial charge in [0, 0.05) is 24.8 Å². The van der Waals surface area contributed by atoms with Crippen LogP contribution in [0.2, 0.25) is 0 Å². The maximum Gasteiger partial charge on any atom is 0.145 e. The first kappa shape index (κ1) is 13.8. The van der Waals surface area contributed by atoms with E-state index in [4.69, 9.17) is 10.5 Å². The van der Waals surface area contributed by atoms with E-state index in [0.717, 1.165) is 30.2 Å². The fourth-order valence-corrected chi connectivity index (χ4v) is 2.71. The minimum atomic E-state index is 0.574. The van der Waals surface area contributed by atoms with Gasteiger partial charge in [-0.15, -0.1) is 0 Å². The zero-order valence-corrected chi connectivity index (χ0v) is 12.5. The molecule has 0 aliphatic carbocycles. The summed E-state index contributed by atoms with van der Waals surface area (Å²) in [4.78, 5) is 2.38. The van der Waals surface area contributed by atoms with Gasteiger partial charge in [0.15, 0.2) is 0 Å². The third kappa shape index (κ3) is 3.30. The second-order valence-electron chi connectivity index (χ2n) is 5.70. The number of hydrogen-bond donors (Lipinski definition) is 1. The molecule has 0 atom stereocenters.